The molecule has 0 saturated heterocycles. The van der Waals surface area contributed by atoms with Gasteiger partial charge in [0.25, 0.3) is 0 Å². The van der Waals surface area contributed by atoms with Crippen LogP contribution in [0.15, 0.2) is 41.0 Å². The number of carbonyl (C=O) groups excluding carboxylic acids is 1. The molecule has 110 valence electrons. The van der Waals surface area contributed by atoms with Crippen LogP contribution in [0.2, 0.25) is 0 Å². The molecule has 1 heterocycles. The number of aryl methyl sites for hydroxylation is 1. The Kier molecular flexibility index (Phi) is 4.80. The molecule has 0 bridgehead atoms. The molecule has 0 atom stereocenters. The van der Waals surface area contributed by atoms with Crippen LogP contribution in [0.3, 0.4) is 0 Å². The van der Waals surface area contributed by atoms with Crippen molar-refractivity contribution in [2.75, 3.05) is 17.2 Å². The number of anilines is 2. The van der Waals surface area contributed by atoms with Gasteiger partial charge in [-0.2, -0.15) is 0 Å². The highest BCUT2D eigenvalue weighted by Crippen LogP contribution is 2.21. The van der Waals surface area contributed by atoms with Crippen LogP contribution >= 0.6 is 15.9 Å². The quantitative estimate of drug-likeness (QED) is 0.811. The molecule has 0 saturated carbocycles. The highest BCUT2D eigenvalue weighted by atomic mass is 79.9. The minimum atomic E-state index is -0.396. The van der Waals surface area contributed by atoms with E-state index >= 15 is 0 Å². The molecule has 1 aromatic heterocycles. The summed E-state index contributed by atoms with van der Waals surface area (Å²) in [6, 6.07) is 9.44. The van der Waals surface area contributed by atoms with Gasteiger partial charge in [-0.25, -0.2) is 4.98 Å². The fourth-order valence-electron chi connectivity index (χ4n) is 1.95. The van der Waals surface area contributed by atoms with Crippen LogP contribution < -0.4 is 16.4 Å². The molecule has 5 nitrogen and oxygen atoms in total. The second kappa shape index (κ2) is 6.58. The topological polar surface area (TPSA) is 85.2 Å². The van der Waals surface area contributed by atoms with Gasteiger partial charge in [0.1, 0.15) is 5.82 Å². The second-order valence-corrected chi connectivity index (χ2v) is 5.71. The molecule has 2 aromatic rings. The van der Waals surface area contributed by atoms with Gasteiger partial charge in [-0.3, -0.25) is 4.79 Å². The average Bonchev–Trinajstić information content (AvgIpc) is 2.43. The zero-order valence-corrected chi connectivity index (χ0v) is 13.3. The van der Waals surface area contributed by atoms with Crippen LogP contribution in [0.5, 0.6) is 0 Å². The summed E-state index contributed by atoms with van der Waals surface area (Å²) in [6.45, 7) is 2.62. The molecule has 0 radical (unpaired) electrons. The van der Waals surface area contributed by atoms with E-state index in [1.54, 1.807) is 6.20 Å². The lowest BCUT2D eigenvalue weighted by Gasteiger charge is -2.23. The zero-order chi connectivity index (χ0) is 15.4. The number of hydrogen-bond donors (Lipinski definition) is 2. The second-order valence-electron chi connectivity index (χ2n) is 4.86. The lowest BCUT2D eigenvalue weighted by atomic mass is 10.2. The summed E-state index contributed by atoms with van der Waals surface area (Å²) in [5.74, 6) is 0.319. The average molecular weight is 349 g/mol. The maximum Gasteiger partial charge on any atom is 0.237 e. The van der Waals surface area contributed by atoms with Crippen LogP contribution in [-0.2, 0) is 11.3 Å². The number of rotatable bonds is 5. The molecule has 0 spiro atoms. The van der Waals surface area contributed by atoms with Crippen molar-refractivity contribution < 1.29 is 4.79 Å². The smallest absolute Gasteiger partial charge is 0.237 e. The van der Waals surface area contributed by atoms with Crippen molar-refractivity contribution in [1.82, 2.24) is 4.98 Å². The van der Waals surface area contributed by atoms with Gasteiger partial charge in [-0.05, 0) is 52.2 Å². The van der Waals surface area contributed by atoms with Gasteiger partial charge in [0.05, 0.1) is 6.54 Å². The molecule has 0 aliphatic carbocycles. The molecule has 6 heteroatoms. The van der Waals surface area contributed by atoms with Crippen molar-refractivity contribution in [3.63, 3.8) is 0 Å². The number of carbonyl (C=O) groups is 1. The number of nitrogens with zero attached hydrogens (tertiary/aromatic N) is 2. The number of amides is 1. The number of aromatic nitrogens is 1. The molecular formula is C15H17BrN4O. The summed E-state index contributed by atoms with van der Waals surface area (Å²) in [5.41, 5.74) is 13.8. The van der Waals surface area contributed by atoms with Gasteiger partial charge in [0.15, 0.2) is 0 Å². The van der Waals surface area contributed by atoms with E-state index in [1.807, 2.05) is 42.2 Å². The summed E-state index contributed by atoms with van der Waals surface area (Å²) in [4.78, 5) is 17.5. The number of nitrogens with two attached hydrogens (primary N) is 2. The first-order chi connectivity index (χ1) is 9.95. The minimum Gasteiger partial charge on any atom is -0.399 e. The summed E-state index contributed by atoms with van der Waals surface area (Å²) < 4.78 is 0.928. The van der Waals surface area contributed by atoms with Crippen LogP contribution in [0, 0.1) is 6.92 Å². The van der Waals surface area contributed by atoms with Crippen LogP contribution in [0.4, 0.5) is 11.5 Å². The van der Waals surface area contributed by atoms with E-state index < -0.39 is 5.91 Å². The van der Waals surface area contributed by atoms with Crippen molar-refractivity contribution in [2.24, 2.45) is 5.73 Å². The summed E-state index contributed by atoms with van der Waals surface area (Å²) >= 11 is 3.42. The Hall–Kier alpha value is -2.08. The third-order valence-electron chi connectivity index (χ3n) is 3.06. The first-order valence-electron chi connectivity index (χ1n) is 6.45. The molecule has 21 heavy (non-hydrogen) atoms. The predicted octanol–water partition coefficient (Wildman–Crippen LogP) is 2.23. The van der Waals surface area contributed by atoms with E-state index in [1.165, 1.54) is 0 Å². The standard InChI is InChI=1S/C15H17BrN4O/c1-10-6-15(19-7-13(10)16)20(9-14(18)21)8-11-2-4-12(17)5-3-11/h2-7H,8-9,17H2,1H3,(H2,18,21). The van der Waals surface area contributed by atoms with Crippen molar-refractivity contribution in [3.8, 4) is 0 Å². The van der Waals surface area contributed by atoms with Gasteiger partial charge in [0.2, 0.25) is 5.91 Å². The highest BCUT2D eigenvalue weighted by molar-refractivity contribution is 9.10. The number of benzene rings is 1. The number of hydrogen-bond acceptors (Lipinski definition) is 4. The van der Waals surface area contributed by atoms with E-state index in [4.69, 9.17) is 11.5 Å². The third kappa shape index (κ3) is 4.19. The van der Waals surface area contributed by atoms with E-state index in [-0.39, 0.29) is 6.54 Å². The lowest BCUT2D eigenvalue weighted by Crippen LogP contribution is -2.34. The number of nitrogen functional groups attached to an aromatic ring is 1. The third-order valence-corrected chi connectivity index (χ3v) is 3.89. The first-order valence-corrected chi connectivity index (χ1v) is 7.25. The predicted molar refractivity (Wildman–Crippen MR) is 87.8 cm³/mol. The summed E-state index contributed by atoms with van der Waals surface area (Å²) in [5, 5.41) is 0. The Balaban J connectivity index is 2.26. The lowest BCUT2D eigenvalue weighted by molar-refractivity contribution is -0.116. The van der Waals surface area contributed by atoms with E-state index in [0.717, 1.165) is 15.6 Å². The van der Waals surface area contributed by atoms with E-state index in [2.05, 4.69) is 20.9 Å². The molecule has 4 N–H and O–H groups in total. The Morgan fingerprint density at radius 3 is 2.57 bits per heavy atom. The van der Waals surface area contributed by atoms with Crippen LogP contribution in [0.1, 0.15) is 11.1 Å². The molecule has 1 aromatic carbocycles. The van der Waals surface area contributed by atoms with Crippen LogP contribution in [0.25, 0.3) is 0 Å². The molecule has 0 aliphatic rings. The van der Waals surface area contributed by atoms with Crippen molar-refractivity contribution in [3.05, 3.63) is 52.1 Å². The largest absolute Gasteiger partial charge is 0.399 e. The SMILES string of the molecule is Cc1cc(N(CC(N)=O)Cc2ccc(N)cc2)ncc1Br. The minimum absolute atomic E-state index is 0.110. The van der Waals surface area contributed by atoms with Gasteiger partial charge in [0, 0.05) is 22.9 Å². The molecule has 0 aliphatic heterocycles. The van der Waals surface area contributed by atoms with Crippen LogP contribution in [-0.4, -0.2) is 17.4 Å². The van der Waals surface area contributed by atoms with E-state index in [0.29, 0.717) is 18.1 Å². The van der Waals surface area contributed by atoms with Gasteiger partial charge in [-0.15, -0.1) is 0 Å². The molecule has 1 amide bonds. The number of pyridine rings is 1. The Labute approximate surface area is 132 Å². The summed E-state index contributed by atoms with van der Waals surface area (Å²) in [7, 11) is 0. The fourth-order valence-corrected chi connectivity index (χ4v) is 2.16. The van der Waals surface area contributed by atoms with Crippen molar-refractivity contribution in [2.45, 2.75) is 13.5 Å². The maximum absolute atomic E-state index is 11.3. The zero-order valence-electron chi connectivity index (χ0n) is 11.7. The Morgan fingerprint density at radius 1 is 1.33 bits per heavy atom. The molecular weight excluding hydrogens is 332 g/mol. The van der Waals surface area contributed by atoms with Gasteiger partial charge in [-0.1, -0.05) is 12.1 Å². The normalized spacial score (nSPS) is 10.4. The fraction of sp³-hybridized carbons (Fsp3) is 0.200. The van der Waals surface area contributed by atoms with Crippen molar-refractivity contribution >= 4 is 33.3 Å². The van der Waals surface area contributed by atoms with Crippen molar-refractivity contribution in [1.29, 1.82) is 0 Å². The highest BCUT2D eigenvalue weighted by Gasteiger charge is 2.12. The molecule has 2 rings (SSSR count). The van der Waals surface area contributed by atoms with Gasteiger partial charge < -0.3 is 16.4 Å². The maximum atomic E-state index is 11.3. The molecule has 0 unspecified atom stereocenters. The monoisotopic (exact) mass is 348 g/mol. The van der Waals surface area contributed by atoms with E-state index in [9.17, 15) is 4.79 Å². The first kappa shape index (κ1) is 15.3. The Bertz CT molecular complexity index is 643. The number of primary amides is 1. The van der Waals surface area contributed by atoms with Gasteiger partial charge >= 0.3 is 0 Å². The Morgan fingerprint density at radius 2 is 2.00 bits per heavy atom. The summed E-state index contributed by atoms with van der Waals surface area (Å²) in [6.07, 6.45) is 1.72. The molecule has 0 fully saturated rings. The number of halogens is 1.